The normalized spacial score (nSPS) is 14.9. The molecular weight excluding hydrogens is 372 g/mol. The number of carbonyl (C=O) groups is 1. The third-order valence-corrected chi connectivity index (χ3v) is 4.51. The minimum Gasteiger partial charge on any atom is -0.305 e. The van der Waals surface area contributed by atoms with Crippen LogP contribution in [0.5, 0.6) is 5.75 Å². The summed E-state index contributed by atoms with van der Waals surface area (Å²) in [6.07, 6.45) is 1.57. The number of pyridine rings is 1. The monoisotopic (exact) mass is 392 g/mol. The van der Waals surface area contributed by atoms with E-state index in [0.717, 1.165) is 47.0 Å². The van der Waals surface area contributed by atoms with Gasteiger partial charge in [0, 0.05) is 28.4 Å². The van der Waals surface area contributed by atoms with Crippen molar-refractivity contribution in [3.05, 3.63) is 34.4 Å². The van der Waals surface area contributed by atoms with Gasteiger partial charge in [0.2, 0.25) is 5.75 Å². The summed E-state index contributed by atoms with van der Waals surface area (Å²) in [5, 5.41) is 0.921. The van der Waals surface area contributed by atoms with Gasteiger partial charge in [0.1, 0.15) is 0 Å². The number of hydrogen-bond donors (Lipinski definition) is 0. The lowest BCUT2D eigenvalue weighted by Gasteiger charge is -2.21. The summed E-state index contributed by atoms with van der Waals surface area (Å²) in [5.41, 5.74) is 1.39. The highest BCUT2D eigenvalue weighted by molar-refractivity contribution is 9.10. The molecule has 0 atom stereocenters. The van der Waals surface area contributed by atoms with Crippen molar-refractivity contribution in [1.82, 2.24) is 9.88 Å². The number of hydrogen-bond acceptors (Lipinski definition) is 4. The van der Waals surface area contributed by atoms with E-state index in [1.54, 1.807) is 4.90 Å². The van der Waals surface area contributed by atoms with E-state index in [2.05, 4.69) is 36.7 Å². The molecule has 1 fully saturated rings. The highest BCUT2D eigenvalue weighted by Crippen LogP contribution is 2.33. The zero-order valence-electron chi connectivity index (χ0n) is 14.1. The second-order valence-corrected chi connectivity index (χ2v) is 7.96. The molecule has 1 aromatic heterocycles. The first-order chi connectivity index (χ1) is 11.3. The van der Waals surface area contributed by atoms with Gasteiger partial charge in [0.15, 0.2) is 0 Å². The molecule has 0 bridgehead atoms. The minimum absolute atomic E-state index is 0.239. The van der Waals surface area contributed by atoms with Gasteiger partial charge in [-0.05, 0) is 37.1 Å². The number of carbonyl (C=O) groups excluding carboxylic acids is 1. The van der Waals surface area contributed by atoms with Crippen molar-refractivity contribution in [2.24, 2.45) is 0 Å². The van der Waals surface area contributed by atoms with Gasteiger partial charge in [0.25, 0.3) is 0 Å². The minimum atomic E-state index is -0.443. The molecular formula is C18H21BrN2O3. The summed E-state index contributed by atoms with van der Waals surface area (Å²) in [7, 11) is 0. The molecule has 1 amide bonds. The van der Waals surface area contributed by atoms with E-state index in [9.17, 15) is 4.79 Å². The molecule has 128 valence electrons. The smallest absolute Gasteiger partial charge is 0.305 e. The van der Waals surface area contributed by atoms with E-state index in [4.69, 9.17) is 14.8 Å². The van der Waals surface area contributed by atoms with Gasteiger partial charge in [-0.25, -0.2) is 14.7 Å². The molecule has 0 saturated carbocycles. The van der Waals surface area contributed by atoms with E-state index in [0.29, 0.717) is 5.75 Å². The second-order valence-electron chi connectivity index (χ2n) is 7.05. The maximum atomic E-state index is 12.0. The molecule has 0 spiro atoms. The fourth-order valence-electron chi connectivity index (χ4n) is 2.76. The van der Waals surface area contributed by atoms with Gasteiger partial charge in [-0.2, -0.15) is 0 Å². The molecule has 6 heteroatoms. The van der Waals surface area contributed by atoms with Gasteiger partial charge in [-0.3, -0.25) is 4.89 Å². The maximum absolute atomic E-state index is 12.0. The van der Waals surface area contributed by atoms with Gasteiger partial charge in [-0.15, -0.1) is 0 Å². The summed E-state index contributed by atoms with van der Waals surface area (Å²) < 4.78 is 0.959. The Bertz CT molecular complexity index is 765. The lowest BCUT2D eigenvalue weighted by atomic mass is 9.90. The SMILES string of the molecule is CC(C)(C)c1nc2ccc(Br)cc2cc1OOC(=O)N1CCCC1. The van der Waals surface area contributed by atoms with Crippen LogP contribution in [-0.4, -0.2) is 29.1 Å². The predicted molar refractivity (Wildman–Crippen MR) is 96.1 cm³/mol. The predicted octanol–water partition coefficient (Wildman–Crippen LogP) is 4.82. The molecule has 0 aliphatic carbocycles. The Labute approximate surface area is 150 Å². The number of aromatic nitrogens is 1. The van der Waals surface area contributed by atoms with Crippen molar-refractivity contribution < 1.29 is 14.6 Å². The van der Waals surface area contributed by atoms with E-state index in [1.165, 1.54) is 0 Å². The van der Waals surface area contributed by atoms with Crippen LogP contribution in [0.25, 0.3) is 10.9 Å². The number of fused-ring (bicyclic) bond motifs is 1. The Balaban J connectivity index is 1.90. The van der Waals surface area contributed by atoms with Gasteiger partial charge in [0.05, 0.1) is 11.2 Å². The lowest BCUT2D eigenvalue weighted by molar-refractivity contribution is -0.153. The fourth-order valence-corrected chi connectivity index (χ4v) is 3.14. The molecule has 0 radical (unpaired) electrons. The zero-order valence-corrected chi connectivity index (χ0v) is 15.7. The topological polar surface area (TPSA) is 51.7 Å². The fraction of sp³-hybridized carbons (Fsp3) is 0.444. The highest BCUT2D eigenvalue weighted by atomic mass is 79.9. The van der Waals surface area contributed by atoms with Crippen LogP contribution in [0.1, 0.15) is 39.3 Å². The molecule has 1 aliphatic rings. The number of nitrogens with zero attached hydrogens (tertiary/aromatic N) is 2. The third kappa shape index (κ3) is 3.64. The van der Waals surface area contributed by atoms with Crippen LogP contribution in [0.3, 0.4) is 0 Å². The zero-order chi connectivity index (χ0) is 17.3. The first-order valence-corrected chi connectivity index (χ1v) is 8.88. The first kappa shape index (κ1) is 17.0. The Morgan fingerprint density at radius 1 is 1.21 bits per heavy atom. The summed E-state index contributed by atoms with van der Waals surface area (Å²) in [6, 6.07) is 7.74. The van der Waals surface area contributed by atoms with Gasteiger partial charge < -0.3 is 4.90 Å². The van der Waals surface area contributed by atoms with Crippen molar-refractivity contribution in [2.45, 2.75) is 39.0 Å². The molecule has 24 heavy (non-hydrogen) atoms. The molecule has 5 nitrogen and oxygen atoms in total. The van der Waals surface area contributed by atoms with E-state index >= 15 is 0 Å². The van der Waals surface area contributed by atoms with Crippen LogP contribution in [0.2, 0.25) is 0 Å². The molecule has 0 N–H and O–H groups in total. The molecule has 0 unspecified atom stereocenters. The van der Waals surface area contributed by atoms with Crippen molar-refractivity contribution in [3.8, 4) is 5.75 Å². The Morgan fingerprint density at radius 3 is 2.58 bits per heavy atom. The average Bonchev–Trinajstić information content (AvgIpc) is 3.05. The molecule has 1 aromatic carbocycles. The van der Waals surface area contributed by atoms with Crippen molar-refractivity contribution in [1.29, 1.82) is 0 Å². The second kappa shape index (κ2) is 6.59. The maximum Gasteiger partial charge on any atom is 0.452 e. The molecule has 2 heterocycles. The van der Waals surface area contributed by atoms with E-state index in [1.807, 2.05) is 24.3 Å². The Morgan fingerprint density at radius 2 is 1.92 bits per heavy atom. The largest absolute Gasteiger partial charge is 0.452 e. The first-order valence-electron chi connectivity index (χ1n) is 8.09. The third-order valence-electron chi connectivity index (χ3n) is 4.02. The van der Waals surface area contributed by atoms with Crippen LogP contribution < -0.4 is 4.89 Å². The number of halogens is 1. The van der Waals surface area contributed by atoms with Crippen LogP contribution in [0.15, 0.2) is 28.7 Å². The number of amides is 1. The molecule has 1 saturated heterocycles. The van der Waals surface area contributed by atoms with Gasteiger partial charge >= 0.3 is 6.09 Å². The standard InChI is InChI=1S/C18H21BrN2O3/c1-18(2,3)16-15(23-24-17(22)21-8-4-5-9-21)11-12-10-13(19)6-7-14(12)20-16/h6-7,10-11H,4-5,8-9H2,1-3H3. The van der Waals surface area contributed by atoms with Crippen LogP contribution in [0, 0.1) is 0 Å². The number of benzene rings is 1. The average molecular weight is 393 g/mol. The summed E-state index contributed by atoms with van der Waals surface area (Å²) in [6.45, 7) is 7.59. The van der Waals surface area contributed by atoms with Crippen molar-refractivity contribution in [3.63, 3.8) is 0 Å². The number of likely N-dealkylation sites (tertiary alicyclic amines) is 1. The van der Waals surface area contributed by atoms with Crippen molar-refractivity contribution in [2.75, 3.05) is 13.1 Å². The molecule has 3 rings (SSSR count). The summed E-state index contributed by atoms with van der Waals surface area (Å²) in [4.78, 5) is 28.9. The highest BCUT2D eigenvalue weighted by Gasteiger charge is 2.25. The Kier molecular flexibility index (Phi) is 4.67. The van der Waals surface area contributed by atoms with Crippen LogP contribution in [0.4, 0.5) is 4.79 Å². The quantitative estimate of drug-likeness (QED) is 0.542. The Hall–Kier alpha value is -1.82. The van der Waals surface area contributed by atoms with Crippen LogP contribution in [-0.2, 0) is 10.3 Å². The van der Waals surface area contributed by atoms with Crippen LogP contribution >= 0.6 is 15.9 Å². The van der Waals surface area contributed by atoms with Gasteiger partial charge in [-0.1, -0.05) is 36.7 Å². The van der Waals surface area contributed by atoms with Crippen molar-refractivity contribution >= 4 is 32.9 Å². The van der Waals surface area contributed by atoms with E-state index in [-0.39, 0.29) is 5.41 Å². The van der Waals surface area contributed by atoms with E-state index < -0.39 is 6.09 Å². The molecule has 1 aliphatic heterocycles. The molecule has 2 aromatic rings. The lowest BCUT2D eigenvalue weighted by Crippen LogP contribution is -2.29. The summed E-state index contributed by atoms with van der Waals surface area (Å²) >= 11 is 3.46. The number of rotatable bonds is 2. The summed E-state index contributed by atoms with van der Waals surface area (Å²) in [5.74, 6) is 0.473.